The van der Waals surface area contributed by atoms with Gasteiger partial charge < -0.3 is 9.64 Å². The Morgan fingerprint density at radius 2 is 1.91 bits per heavy atom. The third-order valence-electron chi connectivity index (χ3n) is 4.97. The van der Waals surface area contributed by atoms with Gasteiger partial charge in [0.25, 0.3) is 0 Å². The largest absolute Gasteiger partial charge is 0.489 e. The van der Waals surface area contributed by atoms with E-state index in [9.17, 15) is 0 Å². The average Bonchev–Trinajstić information content (AvgIpc) is 2.97. The minimum absolute atomic E-state index is 0.301. The lowest BCUT2D eigenvalue weighted by Gasteiger charge is -2.30. The fraction of sp³-hybridized carbons (Fsp3) is 0.429. The molecule has 0 N–H and O–H groups in total. The Kier molecular flexibility index (Phi) is 5.02. The minimum atomic E-state index is 0.301. The van der Waals surface area contributed by atoms with Crippen molar-refractivity contribution in [1.82, 2.24) is 4.90 Å². The molecule has 3 rings (SSSR count). The number of rotatable bonds is 6. The third-order valence-corrected chi connectivity index (χ3v) is 4.97. The Balaban J connectivity index is 1.76. The van der Waals surface area contributed by atoms with Crippen molar-refractivity contribution in [1.29, 1.82) is 0 Å². The molecule has 0 bridgehead atoms. The normalized spacial score (nSPS) is 21.5. The van der Waals surface area contributed by atoms with Gasteiger partial charge in [-0.15, -0.1) is 0 Å². The van der Waals surface area contributed by atoms with Crippen LogP contribution >= 0.6 is 0 Å². The van der Waals surface area contributed by atoms with Gasteiger partial charge in [0, 0.05) is 12.0 Å². The van der Waals surface area contributed by atoms with Gasteiger partial charge in [-0.05, 0) is 49.7 Å². The number of ether oxygens (including phenoxy) is 1. The molecule has 2 nitrogen and oxygen atoms in total. The second-order valence-electron chi connectivity index (χ2n) is 6.82. The number of likely N-dealkylation sites (tertiary alicyclic amines) is 1. The minimum Gasteiger partial charge on any atom is -0.489 e. The van der Waals surface area contributed by atoms with Gasteiger partial charge in [-0.1, -0.05) is 55.8 Å². The summed E-state index contributed by atoms with van der Waals surface area (Å²) >= 11 is 0. The van der Waals surface area contributed by atoms with Crippen LogP contribution in [0.5, 0.6) is 5.75 Å². The summed E-state index contributed by atoms with van der Waals surface area (Å²) < 4.78 is 6.03. The van der Waals surface area contributed by atoms with Crippen LogP contribution in [-0.2, 0) is 12.0 Å². The molecule has 0 saturated carbocycles. The fourth-order valence-electron chi connectivity index (χ4n) is 3.80. The van der Waals surface area contributed by atoms with Crippen LogP contribution in [0, 0.1) is 0 Å². The van der Waals surface area contributed by atoms with E-state index < -0.39 is 0 Å². The number of likely N-dealkylation sites (N-methyl/N-ethyl adjacent to an activating group) is 1. The summed E-state index contributed by atoms with van der Waals surface area (Å²) in [5.74, 6) is 0.983. The lowest BCUT2D eigenvalue weighted by molar-refractivity contribution is 0.303. The predicted octanol–water partition coefficient (Wildman–Crippen LogP) is 4.64. The van der Waals surface area contributed by atoms with Gasteiger partial charge in [-0.25, -0.2) is 0 Å². The molecule has 2 aromatic carbocycles. The van der Waals surface area contributed by atoms with Gasteiger partial charge in [0.05, 0.1) is 0 Å². The van der Waals surface area contributed by atoms with Crippen molar-refractivity contribution in [2.75, 3.05) is 20.1 Å². The van der Waals surface area contributed by atoms with Crippen LogP contribution < -0.4 is 4.74 Å². The molecule has 122 valence electrons. The zero-order chi connectivity index (χ0) is 16.1. The Labute approximate surface area is 140 Å². The second-order valence-corrected chi connectivity index (χ2v) is 6.82. The van der Waals surface area contributed by atoms with Crippen LogP contribution in [-0.4, -0.2) is 25.0 Å². The van der Waals surface area contributed by atoms with Crippen molar-refractivity contribution < 1.29 is 4.74 Å². The quantitative estimate of drug-likeness (QED) is 0.771. The van der Waals surface area contributed by atoms with E-state index in [2.05, 4.69) is 67.4 Å². The standard InChI is InChI=1S/C21H27NO/c1-3-12-21(13-14-22(2)17-21)19-10-7-11-20(15-19)23-16-18-8-5-4-6-9-18/h4-11,15H,3,12-14,16-17H2,1-2H3. The van der Waals surface area contributed by atoms with Gasteiger partial charge in [-0.3, -0.25) is 0 Å². The maximum absolute atomic E-state index is 6.03. The number of benzene rings is 2. The summed E-state index contributed by atoms with van der Waals surface area (Å²) in [5, 5.41) is 0. The highest BCUT2D eigenvalue weighted by molar-refractivity contribution is 5.35. The first kappa shape index (κ1) is 16.1. The van der Waals surface area contributed by atoms with Gasteiger partial charge in [0.15, 0.2) is 0 Å². The van der Waals surface area contributed by atoms with Crippen LogP contribution in [0.2, 0.25) is 0 Å². The molecule has 1 aliphatic heterocycles. The van der Waals surface area contributed by atoms with Crippen molar-refractivity contribution in [3.8, 4) is 5.75 Å². The third kappa shape index (κ3) is 3.76. The summed E-state index contributed by atoms with van der Waals surface area (Å²) in [6, 6.07) is 19.1. The molecule has 2 heteroatoms. The Morgan fingerprint density at radius 1 is 1.09 bits per heavy atom. The predicted molar refractivity (Wildman–Crippen MR) is 95.9 cm³/mol. The molecule has 0 aromatic heterocycles. The van der Waals surface area contributed by atoms with Crippen LogP contribution in [0.15, 0.2) is 54.6 Å². The lowest BCUT2D eigenvalue weighted by Crippen LogP contribution is -2.29. The van der Waals surface area contributed by atoms with E-state index in [0.29, 0.717) is 12.0 Å². The first-order chi connectivity index (χ1) is 11.2. The highest BCUT2D eigenvalue weighted by atomic mass is 16.5. The summed E-state index contributed by atoms with van der Waals surface area (Å²) in [4.78, 5) is 2.45. The van der Waals surface area contributed by atoms with E-state index in [4.69, 9.17) is 4.74 Å². The van der Waals surface area contributed by atoms with E-state index in [0.717, 1.165) is 12.3 Å². The van der Waals surface area contributed by atoms with Crippen LogP contribution in [0.4, 0.5) is 0 Å². The molecule has 1 heterocycles. The van der Waals surface area contributed by atoms with E-state index in [1.807, 2.05) is 6.07 Å². The summed E-state index contributed by atoms with van der Waals surface area (Å²) in [6.07, 6.45) is 3.72. The fourth-order valence-corrected chi connectivity index (χ4v) is 3.80. The Hall–Kier alpha value is -1.80. The summed E-state index contributed by atoms with van der Waals surface area (Å²) in [6.45, 7) is 5.26. The van der Waals surface area contributed by atoms with Gasteiger partial charge in [-0.2, -0.15) is 0 Å². The molecule has 1 fully saturated rings. The van der Waals surface area contributed by atoms with Crippen LogP contribution in [0.25, 0.3) is 0 Å². The molecule has 0 spiro atoms. The smallest absolute Gasteiger partial charge is 0.120 e. The SMILES string of the molecule is CCCC1(c2cccc(OCc3ccccc3)c2)CCN(C)C1. The second kappa shape index (κ2) is 7.18. The Bertz CT molecular complexity index is 621. The van der Waals surface area contributed by atoms with Gasteiger partial charge in [0.1, 0.15) is 12.4 Å². The van der Waals surface area contributed by atoms with E-state index in [1.165, 1.54) is 36.9 Å². The number of hydrogen-bond acceptors (Lipinski definition) is 2. The zero-order valence-electron chi connectivity index (χ0n) is 14.3. The van der Waals surface area contributed by atoms with Crippen molar-refractivity contribution in [2.45, 2.75) is 38.2 Å². The summed E-state index contributed by atoms with van der Waals surface area (Å²) in [5.41, 5.74) is 2.95. The molecule has 23 heavy (non-hydrogen) atoms. The molecular formula is C21H27NO. The molecule has 1 unspecified atom stereocenters. The molecule has 0 aliphatic carbocycles. The molecule has 1 saturated heterocycles. The topological polar surface area (TPSA) is 12.5 Å². The maximum atomic E-state index is 6.03. The van der Waals surface area contributed by atoms with Crippen LogP contribution in [0.1, 0.15) is 37.3 Å². The maximum Gasteiger partial charge on any atom is 0.120 e. The Morgan fingerprint density at radius 3 is 2.61 bits per heavy atom. The molecular weight excluding hydrogens is 282 g/mol. The van der Waals surface area contributed by atoms with Gasteiger partial charge in [0.2, 0.25) is 0 Å². The highest BCUT2D eigenvalue weighted by Crippen LogP contribution is 2.39. The van der Waals surface area contributed by atoms with Crippen molar-refractivity contribution in [2.24, 2.45) is 0 Å². The lowest BCUT2D eigenvalue weighted by atomic mass is 9.76. The zero-order valence-corrected chi connectivity index (χ0v) is 14.3. The highest BCUT2D eigenvalue weighted by Gasteiger charge is 2.37. The average molecular weight is 309 g/mol. The first-order valence-corrected chi connectivity index (χ1v) is 8.68. The van der Waals surface area contributed by atoms with Crippen molar-refractivity contribution >= 4 is 0 Å². The molecule has 2 aromatic rings. The summed E-state index contributed by atoms with van der Waals surface area (Å²) in [7, 11) is 2.23. The van der Waals surface area contributed by atoms with E-state index >= 15 is 0 Å². The van der Waals surface area contributed by atoms with Crippen molar-refractivity contribution in [3.63, 3.8) is 0 Å². The molecule has 0 amide bonds. The van der Waals surface area contributed by atoms with E-state index in [1.54, 1.807) is 0 Å². The monoisotopic (exact) mass is 309 g/mol. The molecule has 0 radical (unpaired) electrons. The molecule has 1 aliphatic rings. The number of nitrogens with zero attached hydrogens (tertiary/aromatic N) is 1. The van der Waals surface area contributed by atoms with Crippen molar-refractivity contribution in [3.05, 3.63) is 65.7 Å². The van der Waals surface area contributed by atoms with Crippen LogP contribution in [0.3, 0.4) is 0 Å². The molecule has 1 atom stereocenters. The first-order valence-electron chi connectivity index (χ1n) is 8.68. The van der Waals surface area contributed by atoms with E-state index in [-0.39, 0.29) is 0 Å². The number of hydrogen-bond donors (Lipinski definition) is 0. The van der Waals surface area contributed by atoms with Gasteiger partial charge >= 0.3 is 0 Å².